The number of anilines is 1. The molecule has 1 aliphatic heterocycles. The van der Waals surface area contributed by atoms with Crippen molar-refractivity contribution in [2.24, 2.45) is 0 Å². The van der Waals surface area contributed by atoms with Crippen LogP contribution in [0.3, 0.4) is 0 Å². The van der Waals surface area contributed by atoms with Crippen LogP contribution in [0.1, 0.15) is 22.2 Å². The van der Waals surface area contributed by atoms with Crippen molar-refractivity contribution in [3.63, 3.8) is 0 Å². The Bertz CT molecular complexity index is 918. The van der Waals surface area contributed by atoms with Crippen LogP contribution in [0.5, 0.6) is 5.75 Å². The first kappa shape index (κ1) is 20.0. The predicted molar refractivity (Wildman–Crippen MR) is 117 cm³/mol. The summed E-state index contributed by atoms with van der Waals surface area (Å²) in [4.78, 5) is 17.3. The number of piperazine rings is 1. The summed E-state index contributed by atoms with van der Waals surface area (Å²) in [5.41, 5.74) is 1.86. The number of hydrogen-bond donors (Lipinski definition) is 1. The number of carbonyl (C=O) groups is 1. The summed E-state index contributed by atoms with van der Waals surface area (Å²) in [6.07, 6.45) is 1.69. The molecule has 1 N–H and O–H groups in total. The Labute approximate surface area is 177 Å². The topological polar surface area (TPSA) is 58.0 Å². The molecule has 0 radical (unpaired) electrons. The molecule has 0 saturated carbocycles. The molecule has 2 heterocycles. The second kappa shape index (κ2) is 9.50. The number of furan rings is 1. The third-order valence-electron chi connectivity index (χ3n) is 5.56. The molecule has 0 bridgehead atoms. The Kier molecular flexibility index (Phi) is 6.35. The van der Waals surface area contributed by atoms with Gasteiger partial charge in [0.1, 0.15) is 11.5 Å². The molecule has 1 atom stereocenters. The van der Waals surface area contributed by atoms with Gasteiger partial charge in [-0.15, -0.1) is 0 Å². The van der Waals surface area contributed by atoms with E-state index in [1.807, 2.05) is 54.6 Å². The van der Waals surface area contributed by atoms with Gasteiger partial charge in [0.05, 0.1) is 19.4 Å². The minimum atomic E-state index is -0.0657. The molecule has 0 spiro atoms. The first-order valence-corrected chi connectivity index (χ1v) is 10.2. The standard InChI is InChI=1S/C24H27N3O3/c1-29-21-11-9-20(10-12-21)26-13-15-27(16-14-26)22(23-8-5-17-30-23)18-25-24(28)19-6-3-2-4-7-19/h2-12,17,22H,13-16,18H2,1H3,(H,25,28)/t22-/m1/s1. The highest BCUT2D eigenvalue weighted by molar-refractivity contribution is 5.94. The lowest BCUT2D eigenvalue weighted by Crippen LogP contribution is -2.49. The van der Waals surface area contributed by atoms with E-state index in [1.54, 1.807) is 13.4 Å². The number of nitrogens with zero attached hydrogens (tertiary/aromatic N) is 2. The molecule has 1 fully saturated rings. The summed E-state index contributed by atoms with van der Waals surface area (Å²) in [7, 11) is 1.68. The number of carbonyl (C=O) groups excluding carboxylic acids is 1. The molecule has 6 heteroatoms. The molecule has 1 amide bonds. The van der Waals surface area contributed by atoms with Crippen molar-refractivity contribution in [1.29, 1.82) is 0 Å². The molecule has 0 aliphatic carbocycles. The van der Waals surface area contributed by atoms with Gasteiger partial charge in [-0.25, -0.2) is 0 Å². The Morgan fingerprint density at radius 3 is 2.37 bits per heavy atom. The molecule has 2 aromatic carbocycles. The molecule has 30 heavy (non-hydrogen) atoms. The van der Waals surface area contributed by atoms with E-state index in [0.717, 1.165) is 37.7 Å². The van der Waals surface area contributed by atoms with E-state index in [-0.39, 0.29) is 11.9 Å². The van der Waals surface area contributed by atoms with Gasteiger partial charge in [-0.05, 0) is 48.5 Å². The van der Waals surface area contributed by atoms with Crippen LogP contribution in [0.4, 0.5) is 5.69 Å². The number of amides is 1. The number of benzene rings is 2. The lowest BCUT2D eigenvalue weighted by Gasteiger charge is -2.39. The fourth-order valence-electron chi connectivity index (χ4n) is 3.86. The van der Waals surface area contributed by atoms with Gasteiger partial charge in [0.25, 0.3) is 5.91 Å². The summed E-state index contributed by atoms with van der Waals surface area (Å²) in [6.45, 7) is 4.10. The van der Waals surface area contributed by atoms with Crippen LogP contribution in [0, 0.1) is 0 Å². The van der Waals surface area contributed by atoms with E-state index >= 15 is 0 Å². The van der Waals surface area contributed by atoms with Crippen LogP contribution in [0.25, 0.3) is 0 Å². The summed E-state index contributed by atoms with van der Waals surface area (Å²) in [6, 6.07) is 21.4. The fourth-order valence-corrected chi connectivity index (χ4v) is 3.86. The highest BCUT2D eigenvalue weighted by Crippen LogP contribution is 2.25. The third-order valence-corrected chi connectivity index (χ3v) is 5.56. The van der Waals surface area contributed by atoms with Crippen molar-refractivity contribution >= 4 is 11.6 Å². The van der Waals surface area contributed by atoms with Gasteiger partial charge in [0, 0.05) is 44.0 Å². The van der Waals surface area contributed by atoms with Crippen molar-refractivity contribution in [1.82, 2.24) is 10.2 Å². The molecule has 1 saturated heterocycles. The molecule has 0 unspecified atom stereocenters. The maximum absolute atomic E-state index is 12.5. The Hall–Kier alpha value is -3.25. The maximum Gasteiger partial charge on any atom is 0.251 e. The van der Waals surface area contributed by atoms with E-state index in [1.165, 1.54) is 5.69 Å². The van der Waals surface area contributed by atoms with Crippen LogP contribution >= 0.6 is 0 Å². The van der Waals surface area contributed by atoms with Crippen LogP contribution in [-0.4, -0.2) is 50.6 Å². The Morgan fingerprint density at radius 1 is 1.00 bits per heavy atom. The maximum atomic E-state index is 12.5. The molecule has 1 aliphatic rings. The van der Waals surface area contributed by atoms with Crippen molar-refractivity contribution in [3.05, 3.63) is 84.3 Å². The molecular formula is C24H27N3O3. The van der Waals surface area contributed by atoms with E-state index in [4.69, 9.17) is 9.15 Å². The third kappa shape index (κ3) is 4.66. The van der Waals surface area contributed by atoms with E-state index in [2.05, 4.69) is 27.2 Å². The number of methoxy groups -OCH3 is 1. The van der Waals surface area contributed by atoms with Gasteiger partial charge in [-0.1, -0.05) is 18.2 Å². The molecule has 156 valence electrons. The molecule has 1 aromatic heterocycles. The smallest absolute Gasteiger partial charge is 0.251 e. The van der Waals surface area contributed by atoms with Gasteiger partial charge in [-0.2, -0.15) is 0 Å². The minimum absolute atomic E-state index is 0.00526. The highest BCUT2D eigenvalue weighted by atomic mass is 16.5. The van der Waals surface area contributed by atoms with Crippen LogP contribution in [0.15, 0.2) is 77.4 Å². The Morgan fingerprint density at radius 2 is 1.73 bits per heavy atom. The quantitative estimate of drug-likeness (QED) is 0.651. The largest absolute Gasteiger partial charge is 0.497 e. The average molecular weight is 405 g/mol. The summed E-state index contributed by atoms with van der Waals surface area (Å²) < 4.78 is 11.0. The number of rotatable bonds is 7. The highest BCUT2D eigenvalue weighted by Gasteiger charge is 2.27. The zero-order valence-corrected chi connectivity index (χ0v) is 17.2. The lowest BCUT2D eigenvalue weighted by molar-refractivity contribution is 0.0923. The van der Waals surface area contributed by atoms with E-state index < -0.39 is 0 Å². The van der Waals surface area contributed by atoms with Gasteiger partial charge in [0.2, 0.25) is 0 Å². The summed E-state index contributed by atoms with van der Waals surface area (Å²) in [5, 5.41) is 3.07. The first-order chi connectivity index (χ1) is 14.7. The number of nitrogens with one attached hydrogen (secondary N) is 1. The normalized spacial score (nSPS) is 15.6. The second-order valence-corrected chi connectivity index (χ2v) is 7.33. The summed E-state index contributed by atoms with van der Waals surface area (Å²) in [5.74, 6) is 1.68. The van der Waals surface area contributed by atoms with Gasteiger partial charge in [0.15, 0.2) is 0 Å². The minimum Gasteiger partial charge on any atom is -0.497 e. The lowest BCUT2D eigenvalue weighted by atomic mass is 10.1. The Balaban J connectivity index is 1.39. The van der Waals surface area contributed by atoms with Crippen molar-refractivity contribution in [2.75, 3.05) is 44.7 Å². The van der Waals surface area contributed by atoms with E-state index in [9.17, 15) is 4.79 Å². The molecular weight excluding hydrogens is 378 g/mol. The van der Waals surface area contributed by atoms with Crippen molar-refractivity contribution in [2.45, 2.75) is 6.04 Å². The molecule has 4 rings (SSSR count). The first-order valence-electron chi connectivity index (χ1n) is 10.2. The van der Waals surface area contributed by atoms with Crippen LogP contribution < -0.4 is 15.0 Å². The van der Waals surface area contributed by atoms with Crippen molar-refractivity contribution in [3.8, 4) is 5.75 Å². The van der Waals surface area contributed by atoms with Crippen LogP contribution in [0.2, 0.25) is 0 Å². The van der Waals surface area contributed by atoms with Gasteiger partial charge in [-0.3, -0.25) is 9.69 Å². The second-order valence-electron chi connectivity index (χ2n) is 7.33. The fraction of sp³-hybridized carbons (Fsp3) is 0.292. The van der Waals surface area contributed by atoms with Crippen molar-refractivity contribution < 1.29 is 13.9 Å². The van der Waals surface area contributed by atoms with Gasteiger partial charge >= 0.3 is 0 Å². The zero-order valence-electron chi connectivity index (χ0n) is 17.2. The average Bonchev–Trinajstić information content (AvgIpc) is 3.35. The zero-order chi connectivity index (χ0) is 20.8. The van der Waals surface area contributed by atoms with Gasteiger partial charge < -0.3 is 19.4 Å². The SMILES string of the molecule is COc1ccc(N2CCN([C@H](CNC(=O)c3ccccc3)c3ccco3)CC2)cc1. The predicted octanol–water partition coefficient (Wildman–Crippen LogP) is 3.58. The number of hydrogen-bond acceptors (Lipinski definition) is 5. The molecule has 6 nitrogen and oxygen atoms in total. The van der Waals surface area contributed by atoms with E-state index in [0.29, 0.717) is 12.1 Å². The van der Waals surface area contributed by atoms with Crippen LogP contribution in [-0.2, 0) is 0 Å². The summed E-state index contributed by atoms with van der Waals surface area (Å²) >= 11 is 0. The molecule has 3 aromatic rings. The number of ether oxygens (including phenoxy) is 1. The monoisotopic (exact) mass is 405 g/mol.